The fourth-order valence-electron chi connectivity index (χ4n) is 3.44. The highest BCUT2D eigenvalue weighted by molar-refractivity contribution is 5.44. The summed E-state index contributed by atoms with van der Waals surface area (Å²) in [7, 11) is 1.66. The molecule has 0 spiro atoms. The Morgan fingerprint density at radius 1 is 1.10 bits per heavy atom. The summed E-state index contributed by atoms with van der Waals surface area (Å²) >= 11 is 0. The average Bonchev–Trinajstić information content (AvgIpc) is 2.77. The van der Waals surface area contributed by atoms with E-state index in [2.05, 4.69) is 30.9 Å². The molecule has 0 amide bonds. The van der Waals surface area contributed by atoms with Gasteiger partial charge in [0.05, 0.1) is 19.8 Å². The van der Waals surface area contributed by atoms with Gasteiger partial charge in [-0.25, -0.2) is 0 Å². The molecule has 158 valence electrons. The van der Waals surface area contributed by atoms with E-state index in [1.807, 2.05) is 31.2 Å². The molecule has 8 nitrogen and oxygen atoms in total. The zero-order valence-electron chi connectivity index (χ0n) is 17.3. The summed E-state index contributed by atoms with van der Waals surface area (Å²) < 4.78 is 5.29. The zero-order valence-corrected chi connectivity index (χ0v) is 17.3. The number of nitrogens with one attached hydrogen (secondary N) is 3. The van der Waals surface area contributed by atoms with Gasteiger partial charge in [0, 0.05) is 12.6 Å². The topological polar surface area (TPSA) is 104 Å². The van der Waals surface area contributed by atoms with Crippen LogP contribution < -0.4 is 20.7 Å². The minimum Gasteiger partial charge on any atom is -0.497 e. The number of benzene rings is 1. The third kappa shape index (κ3) is 6.45. The van der Waals surface area contributed by atoms with E-state index < -0.39 is 0 Å². The van der Waals surface area contributed by atoms with Gasteiger partial charge in [-0.3, -0.25) is 0 Å². The van der Waals surface area contributed by atoms with E-state index in [1.54, 1.807) is 7.11 Å². The van der Waals surface area contributed by atoms with E-state index in [0.717, 1.165) is 30.6 Å². The van der Waals surface area contributed by atoms with Gasteiger partial charge in [0.2, 0.25) is 17.8 Å². The van der Waals surface area contributed by atoms with E-state index in [0.29, 0.717) is 30.4 Å². The first kappa shape index (κ1) is 21.1. The van der Waals surface area contributed by atoms with Crippen LogP contribution in [0.5, 0.6) is 5.75 Å². The first-order chi connectivity index (χ1) is 14.2. The molecule has 0 bridgehead atoms. The molecule has 0 aliphatic heterocycles. The number of aliphatic hydroxyl groups excluding tert-OH is 1. The Morgan fingerprint density at radius 3 is 2.59 bits per heavy atom. The second-order valence-electron chi connectivity index (χ2n) is 7.42. The number of nitrogens with zero attached hydrogens (tertiary/aromatic N) is 3. The summed E-state index contributed by atoms with van der Waals surface area (Å²) in [6.45, 7) is 2.61. The van der Waals surface area contributed by atoms with Crippen molar-refractivity contribution in [2.75, 3.05) is 29.7 Å². The number of hydrogen-bond donors (Lipinski definition) is 4. The molecule has 0 radical (unpaired) electrons. The Bertz CT molecular complexity index is 763. The van der Waals surface area contributed by atoms with Crippen molar-refractivity contribution in [3.63, 3.8) is 0 Å². The number of anilines is 3. The zero-order chi connectivity index (χ0) is 20.5. The molecule has 29 heavy (non-hydrogen) atoms. The summed E-state index contributed by atoms with van der Waals surface area (Å²) in [6, 6.07) is 8.18. The molecule has 0 unspecified atom stereocenters. The SMILES string of the molecule is CC[C@H](CO)Nc1nc(NCc2cccc(OC)c2)nc(NC2CCCCC2)n1. The van der Waals surface area contributed by atoms with E-state index in [1.165, 1.54) is 19.3 Å². The predicted molar refractivity (Wildman–Crippen MR) is 115 cm³/mol. The van der Waals surface area contributed by atoms with Gasteiger partial charge in [-0.2, -0.15) is 15.0 Å². The van der Waals surface area contributed by atoms with Crippen LogP contribution in [0.2, 0.25) is 0 Å². The van der Waals surface area contributed by atoms with E-state index >= 15 is 0 Å². The number of hydrogen-bond acceptors (Lipinski definition) is 8. The number of ether oxygens (including phenoxy) is 1. The largest absolute Gasteiger partial charge is 0.497 e. The van der Waals surface area contributed by atoms with Crippen molar-refractivity contribution >= 4 is 17.8 Å². The maximum absolute atomic E-state index is 9.51. The van der Waals surface area contributed by atoms with Crippen molar-refractivity contribution in [2.45, 2.75) is 64.1 Å². The van der Waals surface area contributed by atoms with Gasteiger partial charge < -0.3 is 25.8 Å². The Balaban J connectivity index is 1.74. The lowest BCUT2D eigenvalue weighted by Crippen LogP contribution is -2.27. The Kier molecular flexibility index (Phi) is 7.86. The highest BCUT2D eigenvalue weighted by atomic mass is 16.5. The lowest BCUT2D eigenvalue weighted by Gasteiger charge is -2.23. The Labute approximate surface area is 172 Å². The molecule has 8 heteroatoms. The highest BCUT2D eigenvalue weighted by Crippen LogP contribution is 2.21. The van der Waals surface area contributed by atoms with Crippen molar-refractivity contribution in [2.24, 2.45) is 0 Å². The number of rotatable bonds is 10. The molecular weight excluding hydrogens is 368 g/mol. The minimum absolute atomic E-state index is 0.0279. The van der Waals surface area contributed by atoms with Gasteiger partial charge in [0.1, 0.15) is 5.75 Å². The van der Waals surface area contributed by atoms with E-state index in [-0.39, 0.29) is 12.6 Å². The summed E-state index contributed by atoms with van der Waals surface area (Å²) in [6.07, 6.45) is 6.81. The molecule has 3 rings (SSSR count). The summed E-state index contributed by atoms with van der Waals surface area (Å²) in [5.74, 6) is 2.34. The van der Waals surface area contributed by atoms with Crippen LogP contribution in [0.3, 0.4) is 0 Å². The molecule has 0 saturated heterocycles. The highest BCUT2D eigenvalue weighted by Gasteiger charge is 2.16. The van der Waals surface area contributed by atoms with E-state index in [9.17, 15) is 5.11 Å². The van der Waals surface area contributed by atoms with Crippen LogP contribution in [0.15, 0.2) is 24.3 Å². The first-order valence-corrected chi connectivity index (χ1v) is 10.5. The molecule has 1 saturated carbocycles. The van der Waals surface area contributed by atoms with Crippen molar-refractivity contribution in [1.29, 1.82) is 0 Å². The van der Waals surface area contributed by atoms with E-state index in [4.69, 9.17) is 4.74 Å². The van der Waals surface area contributed by atoms with Crippen LogP contribution in [0.4, 0.5) is 17.8 Å². The third-order valence-electron chi connectivity index (χ3n) is 5.20. The summed E-state index contributed by atoms with van der Waals surface area (Å²) in [5, 5.41) is 19.5. The minimum atomic E-state index is -0.0915. The van der Waals surface area contributed by atoms with Crippen LogP contribution in [0, 0.1) is 0 Å². The molecule has 1 aromatic carbocycles. The van der Waals surface area contributed by atoms with Crippen molar-refractivity contribution in [1.82, 2.24) is 15.0 Å². The summed E-state index contributed by atoms with van der Waals surface area (Å²) in [4.78, 5) is 13.6. The van der Waals surface area contributed by atoms with Crippen molar-refractivity contribution in [3.05, 3.63) is 29.8 Å². The fraction of sp³-hybridized carbons (Fsp3) is 0.571. The smallest absolute Gasteiger partial charge is 0.229 e. The van der Waals surface area contributed by atoms with Crippen LogP contribution in [0.25, 0.3) is 0 Å². The maximum Gasteiger partial charge on any atom is 0.229 e. The normalized spacial score (nSPS) is 15.6. The predicted octanol–water partition coefficient (Wildman–Crippen LogP) is 3.42. The van der Waals surface area contributed by atoms with Gasteiger partial charge in [0.15, 0.2) is 0 Å². The molecule has 1 aromatic heterocycles. The number of methoxy groups -OCH3 is 1. The molecular formula is C21H32N6O2. The third-order valence-corrected chi connectivity index (χ3v) is 5.20. The maximum atomic E-state index is 9.51. The molecule has 4 N–H and O–H groups in total. The van der Waals surface area contributed by atoms with Gasteiger partial charge >= 0.3 is 0 Å². The quantitative estimate of drug-likeness (QED) is 0.481. The summed E-state index contributed by atoms with van der Waals surface area (Å²) in [5.41, 5.74) is 1.07. The molecule has 1 aliphatic carbocycles. The lowest BCUT2D eigenvalue weighted by molar-refractivity contribution is 0.271. The lowest BCUT2D eigenvalue weighted by atomic mass is 9.96. The Hall–Kier alpha value is -2.61. The second-order valence-corrected chi connectivity index (χ2v) is 7.42. The van der Waals surface area contributed by atoms with Gasteiger partial charge in [-0.15, -0.1) is 0 Å². The van der Waals surface area contributed by atoms with Crippen molar-refractivity contribution in [3.8, 4) is 5.75 Å². The van der Waals surface area contributed by atoms with Crippen LogP contribution >= 0.6 is 0 Å². The molecule has 1 atom stereocenters. The molecule has 1 aliphatic rings. The van der Waals surface area contributed by atoms with Crippen LogP contribution in [-0.4, -0.2) is 45.9 Å². The fourth-order valence-corrected chi connectivity index (χ4v) is 3.44. The van der Waals surface area contributed by atoms with Crippen molar-refractivity contribution < 1.29 is 9.84 Å². The van der Waals surface area contributed by atoms with Crippen LogP contribution in [0.1, 0.15) is 51.0 Å². The Morgan fingerprint density at radius 2 is 1.86 bits per heavy atom. The van der Waals surface area contributed by atoms with Gasteiger partial charge in [-0.05, 0) is 37.0 Å². The standard InChI is InChI=1S/C21H32N6O2/c1-3-16(14-28)23-20-25-19(22-13-15-8-7-11-18(12-15)29-2)26-21(27-20)24-17-9-5-4-6-10-17/h7-8,11-12,16-17,28H,3-6,9-10,13-14H2,1-2H3,(H3,22,23,24,25,26,27)/t16-/m1/s1. The van der Waals surface area contributed by atoms with Gasteiger partial charge in [-0.1, -0.05) is 38.3 Å². The molecule has 1 fully saturated rings. The van der Waals surface area contributed by atoms with Gasteiger partial charge in [0.25, 0.3) is 0 Å². The second kappa shape index (κ2) is 10.8. The number of aliphatic hydroxyl groups is 1. The van der Waals surface area contributed by atoms with Crippen LogP contribution in [-0.2, 0) is 6.54 Å². The molecule has 1 heterocycles. The monoisotopic (exact) mass is 400 g/mol. The number of aromatic nitrogens is 3. The first-order valence-electron chi connectivity index (χ1n) is 10.5. The molecule has 2 aromatic rings. The average molecular weight is 401 g/mol.